The highest BCUT2D eigenvalue weighted by Crippen LogP contribution is 2.26. The molecule has 1 aliphatic heterocycles. The SMILES string of the molecule is Cc1cccc(C(=O)ON2C(=O)c3ccccc3C2=O)c1NC(=O)c1ccncc1. The molecule has 0 bridgehead atoms. The summed E-state index contributed by atoms with van der Waals surface area (Å²) in [6.07, 6.45) is 2.95. The van der Waals surface area contributed by atoms with Crippen LogP contribution in [-0.4, -0.2) is 33.7 Å². The summed E-state index contributed by atoms with van der Waals surface area (Å²) in [7, 11) is 0. The summed E-state index contributed by atoms with van der Waals surface area (Å²) in [5.74, 6) is -2.84. The Hall–Kier alpha value is -4.33. The Balaban J connectivity index is 1.60. The number of carbonyl (C=O) groups is 4. The molecule has 2 aromatic carbocycles. The summed E-state index contributed by atoms with van der Waals surface area (Å²) < 4.78 is 0. The van der Waals surface area contributed by atoms with E-state index in [4.69, 9.17) is 4.84 Å². The number of hydrogen-bond donors (Lipinski definition) is 1. The molecule has 2 heterocycles. The molecule has 8 nitrogen and oxygen atoms in total. The van der Waals surface area contributed by atoms with Gasteiger partial charge in [0.1, 0.15) is 0 Å². The highest BCUT2D eigenvalue weighted by atomic mass is 16.7. The lowest BCUT2D eigenvalue weighted by Gasteiger charge is -2.16. The maximum atomic E-state index is 12.8. The Morgan fingerprint density at radius 2 is 1.53 bits per heavy atom. The molecule has 0 spiro atoms. The van der Waals surface area contributed by atoms with Gasteiger partial charge in [-0.25, -0.2) is 4.79 Å². The first kappa shape index (κ1) is 19.0. The van der Waals surface area contributed by atoms with Crippen molar-refractivity contribution in [2.45, 2.75) is 6.92 Å². The Morgan fingerprint density at radius 3 is 2.17 bits per heavy atom. The summed E-state index contributed by atoms with van der Waals surface area (Å²) in [6.45, 7) is 1.71. The van der Waals surface area contributed by atoms with Crippen LogP contribution in [0.3, 0.4) is 0 Å². The molecular weight excluding hydrogens is 386 g/mol. The number of amides is 3. The van der Waals surface area contributed by atoms with Crippen LogP contribution in [0.25, 0.3) is 0 Å². The van der Waals surface area contributed by atoms with E-state index >= 15 is 0 Å². The molecule has 3 aromatic rings. The number of imide groups is 1. The largest absolute Gasteiger partial charge is 0.366 e. The van der Waals surface area contributed by atoms with Gasteiger partial charge < -0.3 is 10.2 Å². The van der Waals surface area contributed by atoms with Gasteiger partial charge in [-0.1, -0.05) is 29.3 Å². The van der Waals surface area contributed by atoms with Crippen LogP contribution in [0.5, 0.6) is 0 Å². The average molecular weight is 401 g/mol. The van der Waals surface area contributed by atoms with Crippen LogP contribution in [0.4, 0.5) is 5.69 Å². The molecule has 30 heavy (non-hydrogen) atoms. The van der Waals surface area contributed by atoms with Crippen LogP contribution in [-0.2, 0) is 4.84 Å². The third-order valence-corrected chi connectivity index (χ3v) is 4.60. The molecule has 148 valence electrons. The van der Waals surface area contributed by atoms with Gasteiger partial charge in [0, 0.05) is 18.0 Å². The quantitative estimate of drug-likeness (QED) is 0.674. The second kappa shape index (κ2) is 7.59. The van der Waals surface area contributed by atoms with Crippen LogP contribution in [0.1, 0.15) is 47.0 Å². The topological polar surface area (TPSA) is 106 Å². The standard InChI is InChI=1S/C22H15N3O5/c1-13-5-4-8-17(18(13)24-19(26)14-9-11-23-12-10-14)22(29)30-25-20(27)15-6-2-3-7-16(15)21(25)28/h2-12H,1H3,(H,24,26). The number of aromatic nitrogens is 1. The summed E-state index contributed by atoms with van der Waals surface area (Å²) in [4.78, 5) is 59.2. The molecule has 4 rings (SSSR count). The van der Waals surface area contributed by atoms with Crippen molar-refractivity contribution < 1.29 is 24.0 Å². The Bertz CT molecular complexity index is 1160. The number of pyridine rings is 1. The van der Waals surface area contributed by atoms with Crippen molar-refractivity contribution in [3.8, 4) is 0 Å². The van der Waals surface area contributed by atoms with E-state index in [0.717, 1.165) is 0 Å². The monoisotopic (exact) mass is 401 g/mol. The van der Waals surface area contributed by atoms with E-state index in [9.17, 15) is 19.2 Å². The van der Waals surface area contributed by atoms with Crippen LogP contribution in [0.2, 0.25) is 0 Å². The van der Waals surface area contributed by atoms with E-state index in [2.05, 4.69) is 10.3 Å². The minimum absolute atomic E-state index is 0.00830. The number of hydroxylamine groups is 2. The minimum Gasteiger partial charge on any atom is -0.324 e. The molecule has 0 radical (unpaired) electrons. The molecule has 1 aliphatic rings. The van der Waals surface area contributed by atoms with Crippen LogP contribution in [0.15, 0.2) is 67.0 Å². The third kappa shape index (κ3) is 3.30. The number of anilines is 1. The Kier molecular flexibility index (Phi) is 4.81. The minimum atomic E-state index is -0.946. The van der Waals surface area contributed by atoms with Crippen LogP contribution >= 0.6 is 0 Å². The molecule has 3 amide bonds. The fourth-order valence-corrected chi connectivity index (χ4v) is 3.07. The molecule has 8 heteroatoms. The molecule has 0 saturated heterocycles. The molecular formula is C22H15N3O5. The zero-order valence-electron chi connectivity index (χ0n) is 15.8. The molecule has 0 atom stereocenters. The Morgan fingerprint density at radius 1 is 0.900 bits per heavy atom. The number of rotatable bonds is 4. The van der Waals surface area contributed by atoms with Crippen molar-refractivity contribution in [1.29, 1.82) is 0 Å². The number of carbonyl (C=O) groups excluding carboxylic acids is 4. The van der Waals surface area contributed by atoms with Gasteiger partial charge in [0.2, 0.25) is 0 Å². The summed E-state index contributed by atoms with van der Waals surface area (Å²) >= 11 is 0. The van der Waals surface area contributed by atoms with Gasteiger partial charge in [0.15, 0.2) is 0 Å². The number of nitrogens with zero attached hydrogens (tertiary/aromatic N) is 2. The third-order valence-electron chi connectivity index (χ3n) is 4.60. The molecule has 1 N–H and O–H groups in total. The Labute approximate surface area is 171 Å². The number of nitrogens with one attached hydrogen (secondary N) is 1. The number of hydrogen-bond acceptors (Lipinski definition) is 6. The summed E-state index contributed by atoms with van der Waals surface area (Å²) in [5, 5.41) is 3.12. The van der Waals surface area contributed by atoms with Crippen molar-refractivity contribution in [3.63, 3.8) is 0 Å². The van der Waals surface area contributed by atoms with E-state index in [1.807, 2.05) is 0 Å². The van der Waals surface area contributed by atoms with Gasteiger partial charge in [-0.15, -0.1) is 0 Å². The predicted molar refractivity (Wildman–Crippen MR) is 106 cm³/mol. The van der Waals surface area contributed by atoms with Crippen LogP contribution < -0.4 is 5.32 Å². The molecule has 1 aromatic heterocycles. The fraction of sp³-hybridized carbons (Fsp3) is 0.0455. The lowest BCUT2D eigenvalue weighted by molar-refractivity contribution is -0.0583. The van der Waals surface area contributed by atoms with E-state index < -0.39 is 23.7 Å². The maximum Gasteiger partial charge on any atom is 0.366 e. The lowest BCUT2D eigenvalue weighted by Crippen LogP contribution is -2.33. The smallest absolute Gasteiger partial charge is 0.324 e. The van der Waals surface area contributed by atoms with Crippen molar-refractivity contribution in [1.82, 2.24) is 10.0 Å². The molecule has 0 saturated carbocycles. The van der Waals surface area contributed by atoms with Gasteiger partial charge in [0.25, 0.3) is 17.7 Å². The first-order valence-electron chi connectivity index (χ1n) is 8.98. The van der Waals surface area contributed by atoms with E-state index in [1.165, 1.54) is 42.7 Å². The van der Waals surface area contributed by atoms with E-state index in [-0.39, 0.29) is 22.4 Å². The maximum absolute atomic E-state index is 12.8. The zero-order chi connectivity index (χ0) is 21.3. The number of aryl methyl sites for hydroxylation is 1. The van der Waals surface area contributed by atoms with Crippen molar-refractivity contribution in [3.05, 3.63) is 94.8 Å². The highest BCUT2D eigenvalue weighted by Gasteiger charge is 2.39. The van der Waals surface area contributed by atoms with Crippen molar-refractivity contribution >= 4 is 29.4 Å². The highest BCUT2D eigenvalue weighted by molar-refractivity contribution is 6.21. The fourth-order valence-electron chi connectivity index (χ4n) is 3.07. The van der Waals surface area contributed by atoms with Gasteiger partial charge in [0.05, 0.1) is 22.4 Å². The van der Waals surface area contributed by atoms with Crippen molar-refractivity contribution in [2.24, 2.45) is 0 Å². The number of para-hydroxylation sites is 1. The van der Waals surface area contributed by atoms with Crippen LogP contribution in [0, 0.1) is 6.92 Å². The van der Waals surface area contributed by atoms with Gasteiger partial charge >= 0.3 is 5.97 Å². The number of benzene rings is 2. The average Bonchev–Trinajstić information content (AvgIpc) is 3.00. The van der Waals surface area contributed by atoms with Gasteiger partial charge in [-0.2, -0.15) is 0 Å². The first-order valence-corrected chi connectivity index (χ1v) is 8.98. The second-order valence-electron chi connectivity index (χ2n) is 6.52. The second-order valence-corrected chi connectivity index (χ2v) is 6.52. The van der Waals surface area contributed by atoms with Gasteiger partial charge in [-0.05, 0) is 42.8 Å². The molecule has 0 aliphatic carbocycles. The van der Waals surface area contributed by atoms with Gasteiger partial charge in [-0.3, -0.25) is 19.4 Å². The predicted octanol–water partition coefficient (Wildman–Crippen LogP) is 3.01. The lowest BCUT2D eigenvalue weighted by atomic mass is 10.1. The normalized spacial score (nSPS) is 12.5. The van der Waals surface area contributed by atoms with Crippen molar-refractivity contribution in [2.75, 3.05) is 5.32 Å². The van der Waals surface area contributed by atoms with E-state index in [0.29, 0.717) is 16.2 Å². The molecule has 0 unspecified atom stereocenters. The number of fused-ring (bicyclic) bond motifs is 1. The zero-order valence-corrected chi connectivity index (χ0v) is 15.8. The summed E-state index contributed by atoms with van der Waals surface area (Å²) in [6, 6.07) is 14.0. The van der Waals surface area contributed by atoms with E-state index in [1.54, 1.807) is 31.2 Å². The molecule has 0 fully saturated rings. The summed E-state index contributed by atoms with van der Waals surface area (Å²) in [5.41, 5.74) is 1.51. The first-order chi connectivity index (χ1) is 14.5.